The fraction of sp³-hybridized carbons (Fsp3) is 0.389. The van der Waals surface area contributed by atoms with Gasteiger partial charge in [-0.25, -0.2) is 9.48 Å². The number of ether oxygens (including phenoxy) is 1. The van der Waals surface area contributed by atoms with Gasteiger partial charge in [0.05, 0.1) is 24.1 Å². The lowest BCUT2D eigenvalue weighted by Crippen LogP contribution is -2.49. The number of para-hydroxylation sites is 1. The lowest BCUT2D eigenvalue weighted by molar-refractivity contribution is -0.147. The van der Waals surface area contributed by atoms with E-state index >= 15 is 0 Å². The molecular formula is C18H22N4O4. The summed E-state index contributed by atoms with van der Waals surface area (Å²) >= 11 is 0. The molecule has 0 bridgehead atoms. The summed E-state index contributed by atoms with van der Waals surface area (Å²) in [6, 6.07) is 6.74. The fourth-order valence-corrected chi connectivity index (χ4v) is 2.97. The number of amides is 1. The highest BCUT2D eigenvalue weighted by Gasteiger charge is 2.28. The molecule has 2 heterocycles. The first kappa shape index (κ1) is 18.1. The third-order valence-corrected chi connectivity index (χ3v) is 4.29. The molecule has 3 rings (SSSR count). The second kappa shape index (κ2) is 7.67. The van der Waals surface area contributed by atoms with Crippen molar-refractivity contribution in [2.75, 3.05) is 33.8 Å². The van der Waals surface area contributed by atoms with Gasteiger partial charge in [0, 0.05) is 45.5 Å². The molecule has 1 aromatic heterocycles. The average Bonchev–Trinajstić information content (AvgIpc) is 3.09. The van der Waals surface area contributed by atoms with Crippen LogP contribution in [0.1, 0.15) is 15.9 Å². The van der Waals surface area contributed by atoms with E-state index in [1.165, 1.54) is 4.90 Å². The first-order valence-electron chi connectivity index (χ1n) is 8.37. The Labute approximate surface area is 151 Å². The molecule has 0 spiro atoms. The predicted molar refractivity (Wildman–Crippen MR) is 94.2 cm³/mol. The highest BCUT2D eigenvalue weighted by atomic mass is 16.5. The van der Waals surface area contributed by atoms with E-state index in [2.05, 4.69) is 10.00 Å². The number of likely N-dealkylation sites (N-methyl/N-ethyl adjacent to an activating group) is 1. The van der Waals surface area contributed by atoms with Crippen LogP contribution in [0.4, 0.5) is 0 Å². The molecule has 1 fully saturated rings. The molecule has 0 unspecified atom stereocenters. The lowest BCUT2D eigenvalue weighted by atomic mass is 10.2. The Bertz CT molecular complexity index is 802. The molecule has 1 aliphatic rings. The SMILES string of the molecule is CN(C)C(=O)[C@H]1CN(Cc2cnn(-c3ccccc3C(=O)O)c2)CCO1. The van der Waals surface area contributed by atoms with Gasteiger partial charge in [-0.2, -0.15) is 5.10 Å². The maximum atomic E-state index is 12.1. The van der Waals surface area contributed by atoms with E-state index < -0.39 is 12.1 Å². The third kappa shape index (κ3) is 3.92. The molecule has 1 atom stereocenters. The summed E-state index contributed by atoms with van der Waals surface area (Å²) in [6.45, 7) is 2.37. The maximum absolute atomic E-state index is 12.1. The maximum Gasteiger partial charge on any atom is 0.337 e. The van der Waals surface area contributed by atoms with E-state index in [0.717, 1.165) is 12.1 Å². The summed E-state index contributed by atoms with van der Waals surface area (Å²) in [4.78, 5) is 27.1. The molecule has 1 aromatic carbocycles. The Hall–Kier alpha value is -2.71. The molecule has 1 saturated heterocycles. The van der Waals surface area contributed by atoms with Crippen LogP contribution < -0.4 is 0 Å². The number of carboxylic acids is 1. The number of hydrogen-bond donors (Lipinski definition) is 1. The van der Waals surface area contributed by atoms with Gasteiger partial charge in [0.2, 0.25) is 0 Å². The number of aromatic nitrogens is 2. The Kier molecular flexibility index (Phi) is 5.34. The van der Waals surface area contributed by atoms with E-state index in [9.17, 15) is 14.7 Å². The highest BCUT2D eigenvalue weighted by molar-refractivity contribution is 5.91. The van der Waals surface area contributed by atoms with E-state index in [1.807, 2.05) is 6.20 Å². The van der Waals surface area contributed by atoms with Crippen molar-refractivity contribution < 1.29 is 19.4 Å². The van der Waals surface area contributed by atoms with Gasteiger partial charge in [0.15, 0.2) is 0 Å². The average molecular weight is 358 g/mol. The van der Waals surface area contributed by atoms with Crippen LogP contribution in [-0.2, 0) is 16.1 Å². The molecule has 0 radical (unpaired) electrons. The van der Waals surface area contributed by atoms with Crippen LogP contribution in [0.25, 0.3) is 5.69 Å². The molecule has 2 aromatic rings. The van der Waals surface area contributed by atoms with Gasteiger partial charge in [-0.15, -0.1) is 0 Å². The zero-order valence-corrected chi connectivity index (χ0v) is 14.8. The minimum absolute atomic E-state index is 0.0409. The minimum Gasteiger partial charge on any atom is -0.478 e. The van der Waals surface area contributed by atoms with Crippen molar-refractivity contribution in [3.8, 4) is 5.69 Å². The van der Waals surface area contributed by atoms with Gasteiger partial charge in [-0.05, 0) is 12.1 Å². The number of nitrogens with zero attached hydrogens (tertiary/aromatic N) is 4. The Balaban J connectivity index is 1.71. The van der Waals surface area contributed by atoms with Gasteiger partial charge in [-0.1, -0.05) is 12.1 Å². The number of aromatic carboxylic acids is 1. The summed E-state index contributed by atoms with van der Waals surface area (Å²) in [6.07, 6.45) is 3.08. The predicted octanol–water partition coefficient (Wildman–Crippen LogP) is 0.859. The van der Waals surface area contributed by atoms with Gasteiger partial charge in [0.1, 0.15) is 6.10 Å². The van der Waals surface area contributed by atoms with Gasteiger partial charge in [0.25, 0.3) is 5.91 Å². The number of carbonyl (C=O) groups is 2. The molecule has 26 heavy (non-hydrogen) atoms. The Morgan fingerprint density at radius 2 is 2.12 bits per heavy atom. The highest BCUT2D eigenvalue weighted by Crippen LogP contribution is 2.16. The van der Waals surface area contributed by atoms with Crippen molar-refractivity contribution >= 4 is 11.9 Å². The number of carboxylic acid groups (broad SMARTS) is 1. The zero-order chi connectivity index (χ0) is 18.7. The first-order valence-corrected chi connectivity index (χ1v) is 8.37. The quantitative estimate of drug-likeness (QED) is 0.853. The largest absolute Gasteiger partial charge is 0.478 e. The molecule has 8 heteroatoms. The molecule has 0 saturated carbocycles. The van der Waals surface area contributed by atoms with E-state index in [-0.39, 0.29) is 11.5 Å². The molecule has 1 aliphatic heterocycles. The lowest BCUT2D eigenvalue weighted by Gasteiger charge is -2.32. The zero-order valence-electron chi connectivity index (χ0n) is 14.8. The number of benzene rings is 1. The van der Waals surface area contributed by atoms with Crippen molar-refractivity contribution in [1.29, 1.82) is 0 Å². The van der Waals surface area contributed by atoms with Crippen LogP contribution in [0.2, 0.25) is 0 Å². The molecular weight excluding hydrogens is 336 g/mol. The monoisotopic (exact) mass is 358 g/mol. The summed E-state index contributed by atoms with van der Waals surface area (Å²) in [5.41, 5.74) is 1.67. The molecule has 0 aliphatic carbocycles. The molecule has 1 amide bonds. The van der Waals surface area contributed by atoms with Gasteiger partial charge < -0.3 is 14.7 Å². The van der Waals surface area contributed by atoms with E-state index in [0.29, 0.717) is 25.4 Å². The van der Waals surface area contributed by atoms with Crippen LogP contribution in [0.15, 0.2) is 36.7 Å². The summed E-state index contributed by atoms with van der Waals surface area (Å²) in [5.74, 6) is -1.03. The first-order chi connectivity index (χ1) is 12.5. The van der Waals surface area contributed by atoms with Crippen molar-refractivity contribution in [1.82, 2.24) is 19.6 Å². The second-order valence-electron chi connectivity index (χ2n) is 6.44. The number of rotatable bonds is 5. The third-order valence-electron chi connectivity index (χ3n) is 4.29. The number of morpholine rings is 1. The van der Waals surface area contributed by atoms with Crippen LogP contribution in [-0.4, -0.2) is 76.5 Å². The summed E-state index contributed by atoms with van der Waals surface area (Å²) in [7, 11) is 3.43. The second-order valence-corrected chi connectivity index (χ2v) is 6.44. The van der Waals surface area contributed by atoms with Gasteiger partial charge in [-0.3, -0.25) is 9.69 Å². The summed E-state index contributed by atoms with van der Waals surface area (Å²) < 4.78 is 7.14. The number of carbonyl (C=O) groups excluding carboxylic acids is 1. The van der Waals surface area contributed by atoms with Crippen LogP contribution >= 0.6 is 0 Å². The van der Waals surface area contributed by atoms with Gasteiger partial charge >= 0.3 is 5.97 Å². The molecule has 138 valence electrons. The molecule has 8 nitrogen and oxygen atoms in total. The smallest absolute Gasteiger partial charge is 0.337 e. The minimum atomic E-state index is -0.990. The van der Waals surface area contributed by atoms with Crippen LogP contribution in [0, 0.1) is 0 Å². The van der Waals surface area contributed by atoms with Crippen molar-refractivity contribution in [3.63, 3.8) is 0 Å². The van der Waals surface area contributed by atoms with Crippen LogP contribution in [0.3, 0.4) is 0 Å². The van der Waals surface area contributed by atoms with Crippen LogP contribution in [0.5, 0.6) is 0 Å². The standard InChI is InChI=1S/C18H22N4O4/c1-20(2)17(23)16-12-21(7-8-26-16)10-13-9-19-22(11-13)15-6-4-3-5-14(15)18(24)25/h3-6,9,11,16H,7-8,10,12H2,1-2H3,(H,24,25)/t16-/m1/s1. The molecule has 1 N–H and O–H groups in total. The summed E-state index contributed by atoms with van der Waals surface area (Å²) in [5, 5.41) is 13.6. The Morgan fingerprint density at radius 3 is 2.85 bits per heavy atom. The van der Waals surface area contributed by atoms with E-state index in [4.69, 9.17) is 4.74 Å². The fourth-order valence-electron chi connectivity index (χ4n) is 2.97. The van der Waals surface area contributed by atoms with Crippen molar-refractivity contribution in [3.05, 3.63) is 47.8 Å². The van der Waals surface area contributed by atoms with Crippen molar-refractivity contribution in [2.24, 2.45) is 0 Å². The van der Waals surface area contributed by atoms with E-state index in [1.54, 1.807) is 49.2 Å². The topological polar surface area (TPSA) is 87.9 Å². The Morgan fingerprint density at radius 1 is 1.35 bits per heavy atom. The number of hydrogen-bond acceptors (Lipinski definition) is 5. The van der Waals surface area contributed by atoms with Crippen molar-refractivity contribution in [2.45, 2.75) is 12.6 Å². The normalized spacial score (nSPS) is 17.8.